The summed E-state index contributed by atoms with van der Waals surface area (Å²) < 4.78 is 1.60. The molecule has 1 amide bonds. The first-order valence-electron chi connectivity index (χ1n) is 9.46. The molecule has 0 saturated heterocycles. The monoisotopic (exact) mass is 420 g/mol. The van der Waals surface area contributed by atoms with Crippen molar-refractivity contribution < 1.29 is 15.0 Å². The predicted octanol–water partition coefficient (Wildman–Crippen LogP) is 2.80. The number of aromatic nitrogens is 1. The highest BCUT2D eigenvalue weighted by Gasteiger charge is 2.22. The van der Waals surface area contributed by atoms with Crippen molar-refractivity contribution in [1.82, 2.24) is 9.88 Å². The third-order valence-electron chi connectivity index (χ3n) is 4.73. The highest BCUT2D eigenvalue weighted by atomic mass is 32.1. The van der Waals surface area contributed by atoms with Gasteiger partial charge < -0.3 is 15.5 Å². The molecule has 0 aliphatic rings. The van der Waals surface area contributed by atoms with Crippen LogP contribution in [0.2, 0.25) is 0 Å². The molecule has 0 spiro atoms. The molecule has 1 atom stereocenters. The van der Waals surface area contributed by atoms with Crippen LogP contribution in [0.4, 0.5) is 0 Å². The zero-order valence-corrected chi connectivity index (χ0v) is 16.8. The van der Waals surface area contributed by atoms with Crippen LogP contribution < -0.4 is 10.9 Å². The van der Waals surface area contributed by atoms with Gasteiger partial charge in [0.2, 0.25) is 0 Å². The largest absolute Gasteiger partial charge is 0.394 e. The van der Waals surface area contributed by atoms with E-state index in [1.54, 1.807) is 10.6 Å². The lowest BCUT2D eigenvalue weighted by Crippen LogP contribution is -2.33. The minimum Gasteiger partial charge on any atom is -0.394 e. The van der Waals surface area contributed by atoms with Crippen molar-refractivity contribution in [2.75, 3.05) is 13.2 Å². The highest BCUT2D eigenvalue weighted by molar-refractivity contribution is 7.21. The summed E-state index contributed by atoms with van der Waals surface area (Å²) in [7, 11) is 0. The molecule has 3 N–H and O–H groups in total. The van der Waals surface area contributed by atoms with E-state index in [2.05, 4.69) is 5.32 Å². The number of amides is 1. The maximum Gasteiger partial charge on any atom is 0.262 e. The van der Waals surface area contributed by atoms with Gasteiger partial charge in [-0.1, -0.05) is 48.5 Å². The smallest absolute Gasteiger partial charge is 0.262 e. The minimum absolute atomic E-state index is 0.0662. The first-order valence-corrected chi connectivity index (χ1v) is 10.3. The van der Waals surface area contributed by atoms with Gasteiger partial charge >= 0.3 is 0 Å². The number of benzene rings is 2. The SMILES string of the molecule is O=C(NCC(O)CO)c1sc2c(ccc(=O)n2-c2ccccc2)c1-c1ccccc1. The first-order chi connectivity index (χ1) is 14.6. The average Bonchev–Trinajstić information content (AvgIpc) is 3.17. The number of hydrogen-bond acceptors (Lipinski definition) is 5. The first kappa shape index (κ1) is 20.0. The number of para-hydroxylation sites is 1. The summed E-state index contributed by atoms with van der Waals surface area (Å²) in [5.74, 6) is -0.366. The molecule has 0 radical (unpaired) electrons. The molecule has 2 aromatic carbocycles. The van der Waals surface area contributed by atoms with Gasteiger partial charge in [0.25, 0.3) is 11.5 Å². The van der Waals surface area contributed by atoms with E-state index >= 15 is 0 Å². The fourth-order valence-corrected chi connectivity index (χ4v) is 4.56. The molecule has 0 aliphatic carbocycles. The molecule has 6 nitrogen and oxygen atoms in total. The van der Waals surface area contributed by atoms with Gasteiger partial charge in [-0.15, -0.1) is 11.3 Å². The second kappa shape index (κ2) is 8.62. The molecular weight excluding hydrogens is 400 g/mol. The van der Waals surface area contributed by atoms with E-state index < -0.39 is 12.7 Å². The maximum absolute atomic E-state index is 13.0. The van der Waals surface area contributed by atoms with E-state index in [4.69, 9.17) is 5.11 Å². The number of pyridine rings is 1. The van der Waals surface area contributed by atoms with Crippen LogP contribution in [0.3, 0.4) is 0 Å². The predicted molar refractivity (Wildman–Crippen MR) is 118 cm³/mol. The fourth-order valence-electron chi connectivity index (χ4n) is 3.31. The van der Waals surface area contributed by atoms with Crippen molar-refractivity contribution in [3.05, 3.63) is 88.0 Å². The van der Waals surface area contributed by atoms with Crippen LogP contribution in [0, 0.1) is 0 Å². The molecule has 1 unspecified atom stereocenters. The molecule has 0 fully saturated rings. The van der Waals surface area contributed by atoms with Crippen molar-refractivity contribution in [3.8, 4) is 16.8 Å². The van der Waals surface area contributed by atoms with Crippen LogP contribution in [0.5, 0.6) is 0 Å². The van der Waals surface area contributed by atoms with Gasteiger partial charge in [-0.3, -0.25) is 14.2 Å². The quantitative estimate of drug-likeness (QED) is 0.447. The topological polar surface area (TPSA) is 91.6 Å². The minimum atomic E-state index is -1.04. The van der Waals surface area contributed by atoms with E-state index in [0.29, 0.717) is 9.71 Å². The fraction of sp³-hybridized carbons (Fsp3) is 0.130. The van der Waals surface area contributed by atoms with Gasteiger partial charge in [0.05, 0.1) is 18.4 Å². The lowest BCUT2D eigenvalue weighted by Gasteiger charge is -2.09. The van der Waals surface area contributed by atoms with Crippen molar-refractivity contribution in [1.29, 1.82) is 0 Å². The number of carbonyl (C=O) groups is 1. The van der Waals surface area contributed by atoms with Gasteiger partial charge in [-0.2, -0.15) is 0 Å². The van der Waals surface area contributed by atoms with Gasteiger partial charge in [-0.05, 0) is 23.8 Å². The Labute approximate surface area is 176 Å². The number of hydrogen-bond donors (Lipinski definition) is 3. The number of aliphatic hydroxyl groups excluding tert-OH is 2. The Morgan fingerprint density at radius 1 is 1.00 bits per heavy atom. The molecule has 30 heavy (non-hydrogen) atoms. The second-order valence-corrected chi connectivity index (χ2v) is 7.78. The molecule has 0 bridgehead atoms. The molecule has 7 heteroatoms. The van der Waals surface area contributed by atoms with E-state index in [1.165, 1.54) is 17.4 Å². The summed E-state index contributed by atoms with van der Waals surface area (Å²) in [6.07, 6.45) is -1.04. The molecular formula is C23H20N2O4S. The number of rotatable bonds is 6. The lowest BCUT2D eigenvalue weighted by molar-refractivity contribution is 0.0805. The van der Waals surface area contributed by atoms with Crippen LogP contribution in [-0.2, 0) is 0 Å². The number of thiophene rings is 1. The van der Waals surface area contributed by atoms with Crippen molar-refractivity contribution >= 4 is 27.5 Å². The molecule has 152 valence electrons. The number of nitrogens with zero attached hydrogens (tertiary/aromatic N) is 1. The Morgan fingerprint density at radius 3 is 2.33 bits per heavy atom. The molecule has 4 aromatic rings. The summed E-state index contributed by atoms with van der Waals surface area (Å²) in [5, 5.41) is 22.1. The maximum atomic E-state index is 13.0. The van der Waals surface area contributed by atoms with Crippen LogP contribution in [0.15, 0.2) is 77.6 Å². The summed E-state index contributed by atoms with van der Waals surface area (Å²) >= 11 is 1.23. The highest BCUT2D eigenvalue weighted by Crippen LogP contribution is 2.38. The third kappa shape index (κ3) is 3.78. The number of carbonyl (C=O) groups excluding carboxylic acids is 1. The molecule has 2 heterocycles. The summed E-state index contributed by atoms with van der Waals surface area (Å²) in [6.45, 7) is -0.505. The number of nitrogens with one attached hydrogen (secondary N) is 1. The van der Waals surface area contributed by atoms with Gasteiger partial charge in [-0.25, -0.2) is 0 Å². The molecule has 2 aromatic heterocycles. The lowest BCUT2D eigenvalue weighted by atomic mass is 10.0. The van der Waals surface area contributed by atoms with Crippen molar-refractivity contribution in [3.63, 3.8) is 0 Å². The second-order valence-electron chi connectivity index (χ2n) is 6.78. The Morgan fingerprint density at radius 2 is 1.67 bits per heavy atom. The zero-order chi connectivity index (χ0) is 21.1. The van der Waals surface area contributed by atoms with Crippen molar-refractivity contribution in [2.24, 2.45) is 0 Å². The van der Waals surface area contributed by atoms with Crippen LogP contribution in [0.1, 0.15) is 9.67 Å². The van der Waals surface area contributed by atoms with Crippen LogP contribution in [-0.4, -0.2) is 39.9 Å². The summed E-state index contributed by atoms with van der Waals surface area (Å²) in [4.78, 5) is 26.8. The van der Waals surface area contributed by atoms with E-state index in [9.17, 15) is 14.7 Å². The normalized spacial score (nSPS) is 12.1. The van der Waals surface area contributed by atoms with Crippen molar-refractivity contribution in [2.45, 2.75) is 6.10 Å². The van der Waals surface area contributed by atoms with Gasteiger partial charge in [0, 0.05) is 23.6 Å². The van der Waals surface area contributed by atoms with Gasteiger partial charge in [0.15, 0.2) is 0 Å². The Hall–Kier alpha value is -3.26. The van der Waals surface area contributed by atoms with Crippen LogP contribution in [0.25, 0.3) is 27.0 Å². The Kier molecular flexibility index (Phi) is 5.76. The Balaban J connectivity index is 1.94. The van der Waals surface area contributed by atoms with E-state index in [-0.39, 0.29) is 18.0 Å². The summed E-state index contributed by atoms with van der Waals surface area (Å²) in [6, 6.07) is 22.1. The molecule has 0 aliphatic heterocycles. The number of fused-ring (bicyclic) bond motifs is 1. The molecule has 0 saturated carbocycles. The molecule has 4 rings (SSSR count). The third-order valence-corrected chi connectivity index (χ3v) is 5.92. The van der Waals surface area contributed by atoms with Crippen LogP contribution >= 0.6 is 11.3 Å². The van der Waals surface area contributed by atoms with E-state index in [0.717, 1.165) is 22.2 Å². The standard InChI is InChI=1S/C23H20N2O4S/c26-14-17(27)13-24-22(29)21-20(15-7-3-1-4-8-15)18-11-12-19(28)25(23(18)30-21)16-9-5-2-6-10-16/h1-12,17,26-27H,13-14H2,(H,24,29). The average molecular weight is 420 g/mol. The van der Waals surface area contributed by atoms with E-state index in [1.807, 2.05) is 60.7 Å². The number of aliphatic hydroxyl groups is 2. The summed E-state index contributed by atoms with van der Waals surface area (Å²) in [5.41, 5.74) is 2.12. The zero-order valence-electron chi connectivity index (χ0n) is 16.0. The Bertz CT molecular complexity index is 1230. The van der Waals surface area contributed by atoms with Gasteiger partial charge in [0.1, 0.15) is 9.71 Å².